The Morgan fingerprint density at radius 1 is 1.12 bits per heavy atom. The molecule has 4 bridgehead atoms. The van der Waals surface area contributed by atoms with Gasteiger partial charge in [0.2, 0.25) is 5.95 Å². The molecular weight excluding hydrogens is 329 g/mol. The Balaban J connectivity index is 1.66. The van der Waals surface area contributed by atoms with Crippen molar-refractivity contribution in [2.24, 2.45) is 11.8 Å². The Morgan fingerprint density at radius 3 is 2.35 bits per heavy atom. The molecular formula is C21H24FN3O. The van der Waals surface area contributed by atoms with Crippen molar-refractivity contribution in [1.29, 1.82) is 0 Å². The molecule has 0 spiro atoms. The van der Waals surface area contributed by atoms with Crippen molar-refractivity contribution < 1.29 is 4.39 Å². The number of nitrogens with zero attached hydrogens (tertiary/aromatic N) is 1. The van der Waals surface area contributed by atoms with Gasteiger partial charge in [-0.15, -0.1) is 0 Å². The van der Waals surface area contributed by atoms with Crippen molar-refractivity contribution in [1.82, 2.24) is 9.97 Å². The van der Waals surface area contributed by atoms with Crippen molar-refractivity contribution in [3.63, 3.8) is 0 Å². The molecule has 0 aliphatic heterocycles. The minimum Gasteiger partial charge on any atom is -0.369 e. The highest BCUT2D eigenvalue weighted by molar-refractivity contribution is 5.39. The molecule has 0 saturated heterocycles. The van der Waals surface area contributed by atoms with E-state index in [1.165, 1.54) is 12.0 Å². The Kier molecular flexibility index (Phi) is 3.19. The fourth-order valence-corrected chi connectivity index (χ4v) is 6.93. The lowest BCUT2D eigenvalue weighted by molar-refractivity contribution is -0.0291. The second kappa shape index (κ2) is 5.18. The molecule has 1 heterocycles. The van der Waals surface area contributed by atoms with Crippen molar-refractivity contribution in [3.05, 3.63) is 57.3 Å². The molecule has 1 aromatic carbocycles. The number of halogens is 1. The first kappa shape index (κ1) is 16.0. The average molecular weight is 353 g/mol. The maximum absolute atomic E-state index is 13.5. The monoisotopic (exact) mass is 353 g/mol. The number of aromatic amines is 1. The van der Waals surface area contributed by atoms with Crippen LogP contribution >= 0.6 is 0 Å². The summed E-state index contributed by atoms with van der Waals surface area (Å²) in [6.45, 7) is 1.91. The van der Waals surface area contributed by atoms with Gasteiger partial charge in [-0.1, -0.05) is 12.1 Å². The van der Waals surface area contributed by atoms with E-state index >= 15 is 0 Å². The number of H-pyrrole nitrogens is 1. The lowest BCUT2D eigenvalue weighted by Crippen LogP contribution is -2.57. The Hall–Kier alpha value is -2.17. The number of aromatic nitrogens is 2. The van der Waals surface area contributed by atoms with Gasteiger partial charge in [0.25, 0.3) is 5.56 Å². The molecule has 6 rings (SSSR count). The number of nitrogens with one attached hydrogen (secondary N) is 1. The molecule has 4 saturated carbocycles. The van der Waals surface area contributed by atoms with Crippen LogP contribution in [0.2, 0.25) is 0 Å². The predicted molar refractivity (Wildman–Crippen MR) is 98.4 cm³/mol. The van der Waals surface area contributed by atoms with Crippen molar-refractivity contribution in [3.8, 4) is 0 Å². The topological polar surface area (TPSA) is 71.8 Å². The first-order valence-electron chi connectivity index (χ1n) is 9.52. The fourth-order valence-electron chi connectivity index (χ4n) is 6.93. The molecule has 5 heteroatoms. The minimum atomic E-state index is -0.191. The molecule has 4 fully saturated rings. The molecule has 136 valence electrons. The average Bonchev–Trinajstić information content (AvgIpc) is 2.52. The van der Waals surface area contributed by atoms with Gasteiger partial charge in [0.15, 0.2) is 0 Å². The van der Waals surface area contributed by atoms with Gasteiger partial charge in [-0.25, -0.2) is 9.37 Å². The van der Waals surface area contributed by atoms with Crippen molar-refractivity contribution in [2.75, 3.05) is 5.73 Å². The van der Waals surface area contributed by atoms with Crippen LogP contribution in [0.25, 0.3) is 0 Å². The number of benzene rings is 1. The first-order valence-corrected chi connectivity index (χ1v) is 9.52. The van der Waals surface area contributed by atoms with Crippen LogP contribution in [-0.2, 0) is 10.8 Å². The molecule has 4 aliphatic rings. The standard InChI is InChI=1S/C21H24FN3O/c1-12-17(18(26)25-19(23)24-12)21-9-13-6-14(10-21)8-20(7-13,11-21)15-2-4-16(22)5-3-15/h2-5,13-14H,6-11H2,1H3,(H3,23,24,25,26). The summed E-state index contributed by atoms with van der Waals surface area (Å²) in [4.78, 5) is 19.9. The predicted octanol–water partition coefficient (Wildman–Crippen LogP) is 3.59. The van der Waals surface area contributed by atoms with Crippen LogP contribution in [-0.4, -0.2) is 9.97 Å². The molecule has 1 aromatic heterocycles. The number of hydrogen-bond acceptors (Lipinski definition) is 3. The van der Waals surface area contributed by atoms with Crippen LogP contribution < -0.4 is 11.3 Å². The summed E-state index contributed by atoms with van der Waals surface area (Å²) in [5.41, 5.74) is 8.43. The van der Waals surface area contributed by atoms with E-state index in [9.17, 15) is 9.18 Å². The minimum absolute atomic E-state index is 0.0536. The van der Waals surface area contributed by atoms with E-state index < -0.39 is 0 Å². The zero-order valence-electron chi connectivity index (χ0n) is 15.0. The first-order chi connectivity index (χ1) is 12.4. The quantitative estimate of drug-likeness (QED) is 0.867. The highest BCUT2D eigenvalue weighted by atomic mass is 19.1. The number of aryl methyl sites for hydroxylation is 1. The van der Waals surface area contributed by atoms with Crippen LogP contribution in [0.1, 0.15) is 55.3 Å². The third kappa shape index (κ3) is 2.19. The number of nitrogen functional groups attached to an aromatic ring is 1. The molecule has 2 aromatic rings. The Bertz CT molecular complexity index is 919. The summed E-state index contributed by atoms with van der Waals surface area (Å²) in [7, 11) is 0. The molecule has 2 atom stereocenters. The summed E-state index contributed by atoms with van der Waals surface area (Å²) in [6, 6.07) is 7.05. The van der Waals surface area contributed by atoms with Gasteiger partial charge >= 0.3 is 0 Å². The van der Waals surface area contributed by atoms with Gasteiger partial charge in [0.1, 0.15) is 5.82 Å². The van der Waals surface area contributed by atoms with Crippen molar-refractivity contribution in [2.45, 2.75) is 56.3 Å². The fraction of sp³-hybridized carbons (Fsp3) is 0.524. The number of anilines is 1. The van der Waals surface area contributed by atoms with Gasteiger partial charge in [-0.2, -0.15) is 0 Å². The van der Waals surface area contributed by atoms with Gasteiger partial charge in [0, 0.05) is 11.0 Å². The molecule has 0 amide bonds. The van der Waals surface area contributed by atoms with E-state index in [2.05, 4.69) is 9.97 Å². The largest absolute Gasteiger partial charge is 0.369 e. The van der Waals surface area contributed by atoms with Gasteiger partial charge < -0.3 is 5.73 Å². The smallest absolute Gasteiger partial charge is 0.256 e. The van der Waals surface area contributed by atoms with Crippen molar-refractivity contribution >= 4 is 5.95 Å². The molecule has 0 radical (unpaired) electrons. The summed E-state index contributed by atoms with van der Waals surface area (Å²) >= 11 is 0. The van der Waals surface area contributed by atoms with E-state index in [0.717, 1.165) is 43.4 Å². The third-order valence-electron chi connectivity index (χ3n) is 7.17. The summed E-state index contributed by atoms with van der Waals surface area (Å²) in [6.07, 6.45) is 6.62. The summed E-state index contributed by atoms with van der Waals surface area (Å²) in [5.74, 6) is 1.24. The molecule has 4 aliphatic carbocycles. The Labute approximate surface area is 152 Å². The zero-order valence-corrected chi connectivity index (χ0v) is 15.0. The second-order valence-electron chi connectivity index (χ2n) is 8.94. The highest BCUT2D eigenvalue weighted by Crippen LogP contribution is 2.66. The zero-order chi connectivity index (χ0) is 18.1. The van der Waals surface area contributed by atoms with Gasteiger partial charge in [0.05, 0.1) is 5.69 Å². The van der Waals surface area contributed by atoms with Crippen LogP contribution in [0, 0.1) is 24.6 Å². The van der Waals surface area contributed by atoms with Crippen LogP contribution in [0.15, 0.2) is 29.1 Å². The maximum Gasteiger partial charge on any atom is 0.256 e. The normalized spacial score (nSPS) is 35.0. The Morgan fingerprint density at radius 2 is 1.73 bits per heavy atom. The summed E-state index contributed by atoms with van der Waals surface area (Å²) < 4.78 is 13.5. The number of nitrogens with two attached hydrogens (primary N) is 1. The summed E-state index contributed by atoms with van der Waals surface area (Å²) in [5, 5.41) is 0. The SMILES string of the molecule is Cc1nc(N)[nH]c(=O)c1C12CC3CC(CC(c4ccc(F)cc4)(C3)C1)C2. The highest BCUT2D eigenvalue weighted by Gasteiger charge is 2.59. The molecule has 2 unspecified atom stereocenters. The van der Waals surface area contributed by atoms with E-state index in [1.807, 2.05) is 19.1 Å². The van der Waals surface area contributed by atoms with Crippen LogP contribution in [0.3, 0.4) is 0 Å². The molecule has 4 nitrogen and oxygen atoms in total. The van der Waals surface area contributed by atoms with Crippen LogP contribution in [0.4, 0.5) is 10.3 Å². The van der Waals surface area contributed by atoms with E-state index in [1.54, 1.807) is 12.1 Å². The van der Waals surface area contributed by atoms with Crippen LogP contribution in [0.5, 0.6) is 0 Å². The van der Waals surface area contributed by atoms with E-state index in [4.69, 9.17) is 5.73 Å². The van der Waals surface area contributed by atoms with Gasteiger partial charge in [-0.3, -0.25) is 9.78 Å². The lowest BCUT2D eigenvalue weighted by Gasteiger charge is -2.62. The number of hydrogen-bond donors (Lipinski definition) is 2. The van der Waals surface area contributed by atoms with Gasteiger partial charge in [-0.05, 0) is 80.4 Å². The third-order valence-corrected chi connectivity index (χ3v) is 7.17. The molecule has 3 N–H and O–H groups in total. The second-order valence-corrected chi connectivity index (χ2v) is 8.94. The number of rotatable bonds is 2. The van der Waals surface area contributed by atoms with E-state index in [0.29, 0.717) is 11.8 Å². The molecule has 26 heavy (non-hydrogen) atoms. The lowest BCUT2D eigenvalue weighted by atomic mass is 9.41. The van der Waals surface area contributed by atoms with E-state index in [-0.39, 0.29) is 28.2 Å². The maximum atomic E-state index is 13.5.